The minimum Gasteiger partial charge on any atom is -0.454 e. The van der Waals surface area contributed by atoms with Crippen molar-refractivity contribution >= 4 is 94.4 Å². The van der Waals surface area contributed by atoms with E-state index in [1.165, 1.54) is 0 Å². The molecule has 300 valence electrons. The van der Waals surface area contributed by atoms with Gasteiger partial charge < -0.3 is 13.6 Å². The highest BCUT2D eigenvalue weighted by atomic mass is 28.3. The van der Waals surface area contributed by atoms with E-state index in [-0.39, 0.29) is 52.7 Å². The minimum absolute atomic E-state index is 0.0255. The molecule has 13 aromatic rings. The Morgan fingerprint density at radius 1 is 0.391 bits per heavy atom. The molecule has 0 N–H and O–H groups in total. The maximum Gasteiger partial charge on any atom is 0.179 e. The van der Waals surface area contributed by atoms with Crippen LogP contribution in [-0.2, 0) is 0 Å². The normalized spacial score (nSPS) is 14.0. The first-order chi connectivity index (χ1) is 35.5. The van der Waals surface area contributed by atoms with E-state index in [0.29, 0.717) is 32.9 Å². The topological polar surface area (TPSA) is 23.0 Å². The number of para-hydroxylation sites is 4. The van der Waals surface area contributed by atoms with Crippen molar-refractivity contribution in [1.82, 2.24) is 9.13 Å². The molecule has 3 aromatic heterocycles. The Morgan fingerprint density at radius 2 is 0.922 bits per heavy atom. The highest BCUT2D eigenvalue weighted by Gasteiger charge is 2.41. The van der Waals surface area contributed by atoms with Crippen molar-refractivity contribution in [3.63, 3.8) is 0 Å². The van der Waals surface area contributed by atoms with Gasteiger partial charge in [0, 0.05) is 32.6 Å². The average molecular weight is 842 g/mol. The van der Waals surface area contributed by atoms with Crippen LogP contribution in [0.1, 0.15) is 12.3 Å². The first kappa shape index (κ1) is 28.4. The number of rotatable bonds is 7. The summed E-state index contributed by atoms with van der Waals surface area (Å²) in [5.74, 6) is 0. The maximum absolute atomic E-state index is 10.4. The molecule has 10 aromatic carbocycles. The average Bonchev–Trinajstić information content (AvgIpc) is 4.10. The Morgan fingerprint density at radius 3 is 1.56 bits per heavy atom. The molecule has 0 amide bonds. The highest BCUT2D eigenvalue weighted by Crippen LogP contribution is 2.45. The predicted molar refractivity (Wildman–Crippen MR) is 271 cm³/mol. The first-order valence-corrected chi connectivity index (χ1v) is 23.3. The maximum atomic E-state index is 10.4. The number of benzene rings is 10. The predicted octanol–water partition coefficient (Wildman–Crippen LogP) is 12.8. The molecule has 0 aliphatic carbocycles. The fourth-order valence-electron chi connectivity index (χ4n) is 10.1. The Hall–Kier alpha value is -8.18. The van der Waals surface area contributed by atoms with Gasteiger partial charge in [-0.15, -0.1) is 0 Å². The largest absolute Gasteiger partial charge is 0.454 e. The third-order valence-corrected chi connectivity index (χ3v) is 17.4. The molecular formula is C60H40N2OSi. The van der Waals surface area contributed by atoms with Gasteiger partial charge in [0.05, 0.1) is 45.5 Å². The summed E-state index contributed by atoms with van der Waals surface area (Å²) in [6, 6.07) is 57.9. The van der Waals surface area contributed by atoms with Gasteiger partial charge in [-0.3, -0.25) is 0 Å². The summed E-state index contributed by atoms with van der Waals surface area (Å²) in [7, 11) is -3.95. The van der Waals surface area contributed by atoms with Crippen molar-refractivity contribution in [1.29, 1.82) is 0 Å². The van der Waals surface area contributed by atoms with Gasteiger partial charge in [0.1, 0.15) is 5.58 Å². The van der Waals surface area contributed by atoms with Crippen LogP contribution in [0.2, 0.25) is 0 Å². The number of furan rings is 1. The summed E-state index contributed by atoms with van der Waals surface area (Å²) in [5.41, 5.74) is 5.95. The fraction of sp³-hybridized carbons (Fsp3) is 0. The molecule has 3 heterocycles. The quantitative estimate of drug-likeness (QED) is 0.116. The lowest BCUT2D eigenvalue weighted by Gasteiger charge is -2.35. The van der Waals surface area contributed by atoms with Gasteiger partial charge >= 0.3 is 0 Å². The lowest BCUT2D eigenvalue weighted by Crippen LogP contribution is -2.74. The molecule has 4 heteroatoms. The van der Waals surface area contributed by atoms with Crippen LogP contribution in [0.25, 0.3) is 88.1 Å². The Labute approximate surface area is 384 Å². The molecule has 0 saturated carbocycles. The van der Waals surface area contributed by atoms with Crippen LogP contribution in [0.3, 0.4) is 0 Å². The third-order valence-electron chi connectivity index (χ3n) is 12.8. The zero-order valence-electron chi connectivity index (χ0n) is 43.2. The van der Waals surface area contributed by atoms with Crippen molar-refractivity contribution in [2.75, 3.05) is 0 Å². The van der Waals surface area contributed by atoms with Crippen molar-refractivity contribution in [2.45, 2.75) is 0 Å². The SMILES string of the molecule is [2H]c1c([2H])c([2H])c(-c2cccc([Si](c3ccccc3)(c3ccccc3)c3c([2H])c([2H])c(-n4c5ccccc5c5cc(-n6c7ccccc7c7ccccc76)c6oc7ccccc7c6c54)c([2H])c3[2H])c2)c([2H])c1[2H]. The second kappa shape index (κ2) is 14.5. The molecule has 0 saturated heterocycles. The van der Waals surface area contributed by atoms with E-state index < -0.39 is 26.2 Å². The second-order valence-corrected chi connectivity index (χ2v) is 19.8. The monoisotopic (exact) mass is 841 g/mol. The molecular weight excluding hydrogens is 793 g/mol. The van der Waals surface area contributed by atoms with Crippen molar-refractivity contribution in [2.24, 2.45) is 0 Å². The van der Waals surface area contributed by atoms with E-state index in [2.05, 4.69) is 34.9 Å². The Bertz CT molecular complexity index is 4300. The molecule has 0 bridgehead atoms. The fourth-order valence-corrected chi connectivity index (χ4v) is 14.6. The molecule has 64 heavy (non-hydrogen) atoms. The molecule has 0 radical (unpaired) electrons. The zero-order chi connectivity index (χ0) is 50.0. The summed E-state index contributed by atoms with van der Waals surface area (Å²) in [6.45, 7) is 0. The van der Waals surface area contributed by atoms with Gasteiger partial charge in [0.25, 0.3) is 0 Å². The van der Waals surface area contributed by atoms with Crippen LogP contribution in [0.5, 0.6) is 0 Å². The third kappa shape index (κ3) is 5.33. The van der Waals surface area contributed by atoms with E-state index in [0.717, 1.165) is 59.4 Å². The number of hydrogen-bond acceptors (Lipinski definition) is 1. The van der Waals surface area contributed by atoms with Gasteiger partial charge in [-0.2, -0.15) is 0 Å². The second-order valence-electron chi connectivity index (χ2n) is 16.1. The lowest BCUT2D eigenvalue weighted by atomic mass is 10.1. The summed E-state index contributed by atoms with van der Waals surface area (Å²) in [5, 5.41) is 7.90. The number of hydrogen-bond donors (Lipinski definition) is 0. The molecule has 0 aliphatic rings. The standard InChI is InChI=1S/C60H40N2OSi/c1-4-19-41(20-5-1)42-21-18-26-47(39-42)64(44-22-6-2-7-23-44,45-24-8-3-9-25-45)46-37-35-43(36-38-46)61-53-31-14-12-29-50(53)52-40-56(60-58(59(52)61)51-30-13-17-34-57(51)63-60)62-54-32-15-10-27-48(54)49-28-11-16-33-55(49)62/h1-40H/i1D,4D,5D,19D,20D,35D,36D,37D,38D. The van der Waals surface area contributed by atoms with Crippen LogP contribution in [0.4, 0.5) is 0 Å². The first-order valence-electron chi connectivity index (χ1n) is 25.8. The van der Waals surface area contributed by atoms with E-state index >= 15 is 0 Å². The summed E-state index contributed by atoms with van der Waals surface area (Å²) in [4.78, 5) is 0. The summed E-state index contributed by atoms with van der Waals surface area (Å²) < 4.78 is 95.7. The zero-order valence-corrected chi connectivity index (χ0v) is 35.2. The number of aromatic nitrogens is 2. The molecule has 0 aliphatic heterocycles. The summed E-state index contributed by atoms with van der Waals surface area (Å²) >= 11 is 0. The molecule has 0 atom stereocenters. The number of nitrogens with zero attached hydrogens (tertiary/aromatic N) is 2. The van der Waals surface area contributed by atoms with E-state index in [4.69, 9.17) is 11.3 Å². The van der Waals surface area contributed by atoms with Crippen LogP contribution < -0.4 is 20.7 Å². The Kier molecular flexibility index (Phi) is 6.42. The van der Waals surface area contributed by atoms with Gasteiger partial charge in [-0.25, -0.2) is 0 Å². The van der Waals surface area contributed by atoms with Gasteiger partial charge in [0.15, 0.2) is 13.7 Å². The van der Waals surface area contributed by atoms with Gasteiger partial charge in [-0.05, 0) is 74.3 Å². The van der Waals surface area contributed by atoms with Crippen LogP contribution >= 0.6 is 0 Å². The molecule has 13 rings (SSSR count). The van der Waals surface area contributed by atoms with Crippen LogP contribution in [-0.4, -0.2) is 17.2 Å². The molecule has 3 nitrogen and oxygen atoms in total. The molecule has 0 spiro atoms. The van der Waals surface area contributed by atoms with Crippen molar-refractivity contribution in [3.8, 4) is 22.5 Å². The van der Waals surface area contributed by atoms with E-state index in [1.54, 1.807) is 12.1 Å². The van der Waals surface area contributed by atoms with Gasteiger partial charge in [0.2, 0.25) is 0 Å². The van der Waals surface area contributed by atoms with Crippen LogP contribution in [0.15, 0.2) is 247 Å². The Balaban J connectivity index is 1.15. The number of fused-ring (bicyclic) bond motifs is 10. The highest BCUT2D eigenvalue weighted by molar-refractivity contribution is 7.19. The van der Waals surface area contributed by atoms with Crippen molar-refractivity contribution in [3.05, 3.63) is 242 Å². The molecule has 0 fully saturated rings. The van der Waals surface area contributed by atoms with E-state index in [1.807, 2.05) is 150 Å². The van der Waals surface area contributed by atoms with Gasteiger partial charge in [-0.1, -0.05) is 200 Å². The van der Waals surface area contributed by atoms with Crippen molar-refractivity contribution < 1.29 is 16.8 Å². The molecule has 0 unspecified atom stereocenters. The minimum atomic E-state index is -3.95. The van der Waals surface area contributed by atoms with Crippen LogP contribution in [0, 0.1) is 0 Å². The van der Waals surface area contributed by atoms with E-state index in [9.17, 15) is 5.48 Å². The lowest BCUT2D eigenvalue weighted by molar-refractivity contribution is 0.666. The smallest absolute Gasteiger partial charge is 0.179 e. The summed E-state index contributed by atoms with van der Waals surface area (Å²) in [6.07, 6.45) is 0.